The smallest absolute Gasteiger partial charge is 0.229 e. The molecule has 0 spiro atoms. The molecule has 0 saturated heterocycles. The summed E-state index contributed by atoms with van der Waals surface area (Å²) in [5, 5.41) is 0. The summed E-state index contributed by atoms with van der Waals surface area (Å²) < 4.78 is 0. The summed E-state index contributed by atoms with van der Waals surface area (Å²) in [7, 11) is 1.96. The second-order valence-corrected chi connectivity index (χ2v) is 9.64. The Morgan fingerprint density at radius 1 is 1.21 bits per heavy atom. The van der Waals surface area contributed by atoms with Crippen LogP contribution < -0.4 is 0 Å². The highest BCUT2D eigenvalue weighted by molar-refractivity contribution is 5.83. The van der Waals surface area contributed by atoms with Gasteiger partial charge in [0.05, 0.1) is 17.2 Å². The van der Waals surface area contributed by atoms with Gasteiger partial charge in [0, 0.05) is 13.2 Å². The predicted molar refractivity (Wildman–Crippen MR) is 93.1 cm³/mol. The first-order valence-corrected chi connectivity index (χ1v) is 9.28. The van der Waals surface area contributed by atoms with E-state index < -0.39 is 0 Å². The van der Waals surface area contributed by atoms with Gasteiger partial charge in [-0.25, -0.2) is 9.97 Å². The summed E-state index contributed by atoms with van der Waals surface area (Å²) in [6.07, 6.45) is 10.5. The van der Waals surface area contributed by atoms with Gasteiger partial charge in [0.1, 0.15) is 6.33 Å². The molecule has 130 valence electrons. The highest BCUT2D eigenvalue weighted by Gasteiger charge is 2.63. The number of amides is 1. The molecule has 4 aliphatic rings. The topological polar surface area (TPSA) is 46.1 Å². The van der Waals surface area contributed by atoms with Gasteiger partial charge in [-0.2, -0.15) is 0 Å². The second-order valence-electron chi connectivity index (χ2n) is 9.64. The number of hydrogen-bond acceptors (Lipinski definition) is 3. The van der Waals surface area contributed by atoms with Crippen molar-refractivity contribution >= 4 is 5.91 Å². The van der Waals surface area contributed by atoms with Gasteiger partial charge in [0.25, 0.3) is 0 Å². The maximum absolute atomic E-state index is 13.6. The monoisotopic (exact) mass is 327 g/mol. The minimum atomic E-state index is -0.140. The molecule has 1 heterocycles. The lowest BCUT2D eigenvalue weighted by Crippen LogP contribution is -2.60. The van der Waals surface area contributed by atoms with Crippen LogP contribution in [0.5, 0.6) is 0 Å². The molecule has 4 aliphatic carbocycles. The Balaban J connectivity index is 1.62. The second kappa shape index (κ2) is 5.03. The van der Waals surface area contributed by atoms with Crippen LogP contribution >= 0.6 is 0 Å². The highest BCUT2D eigenvalue weighted by atomic mass is 16.2. The van der Waals surface area contributed by atoms with E-state index in [9.17, 15) is 4.79 Å². The van der Waals surface area contributed by atoms with Crippen LogP contribution in [0.25, 0.3) is 0 Å². The van der Waals surface area contributed by atoms with Gasteiger partial charge in [0.15, 0.2) is 0 Å². The predicted octanol–water partition coefficient (Wildman–Crippen LogP) is 3.99. The van der Waals surface area contributed by atoms with Crippen molar-refractivity contribution in [2.45, 2.75) is 65.3 Å². The Kier molecular flexibility index (Phi) is 3.36. The fourth-order valence-corrected chi connectivity index (χ4v) is 6.98. The van der Waals surface area contributed by atoms with E-state index in [1.165, 1.54) is 19.3 Å². The van der Waals surface area contributed by atoms with Crippen LogP contribution in [-0.2, 0) is 4.79 Å². The lowest BCUT2D eigenvalue weighted by molar-refractivity contribution is -0.180. The van der Waals surface area contributed by atoms with Gasteiger partial charge in [-0.1, -0.05) is 13.8 Å². The molecule has 3 unspecified atom stereocenters. The summed E-state index contributed by atoms with van der Waals surface area (Å²) in [5.41, 5.74) is 1.51. The van der Waals surface area contributed by atoms with E-state index in [0.717, 1.165) is 30.9 Å². The molecule has 0 aliphatic heterocycles. The quantitative estimate of drug-likeness (QED) is 0.843. The van der Waals surface area contributed by atoms with Gasteiger partial charge < -0.3 is 4.90 Å². The Hall–Kier alpha value is -1.45. The summed E-state index contributed by atoms with van der Waals surface area (Å²) in [5.74, 6) is 1.08. The first-order chi connectivity index (χ1) is 11.2. The van der Waals surface area contributed by atoms with Crippen LogP contribution in [0.1, 0.15) is 71.0 Å². The first-order valence-electron chi connectivity index (χ1n) is 9.28. The Morgan fingerprint density at radius 2 is 1.88 bits per heavy atom. The zero-order chi connectivity index (χ0) is 17.2. The molecule has 1 aromatic heterocycles. The van der Waals surface area contributed by atoms with Gasteiger partial charge in [0.2, 0.25) is 5.91 Å². The lowest BCUT2D eigenvalue weighted by atomic mass is 9.40. The van der Waals surface area contributed by atoms with E-state index in [1.807, 2.05) is 18.0 Å². The number of hydrogen-bond donors (Lipinski definition) is 0. The summed E-state index contributed by atoms with van der Waals surface area (Å²) in [4.78, 5) is 23.9. The van der Waals surface area contributed by atoms with E-state index in [0.29, 0.717) is 16.7 Å². The molecule has 0 aromatic carbocycles. The molecular formula is C20H29N3O. The molecule has 1 aromatic rings. The molecule has 0 N–H and O–H groups in total. The number of carbonyl (C=O) groups excluding carboxylic acids is 1. The molecule has 4 bridgehead atoms. The van der Waals surface area contributed by atoms with Crippen molar-refractivity contribution in [3.63, 3.8) is 0 Å². The maximum Gasteiger partial charge on any atom is 0.229 e. The van der Waals surface area contributed by atoms with Crippen LogP contribution in [-0.4, -0.2) is 27.8 Å². The molecule has 0 radical (unpaired) electrons. The van der Waals surface area contributed by atoms with Crippen molar-refractivity contribution in [2.75, 3.05) is 7.05 Å². The third-order valence-electron chi connectivity index (χ3n) is 7.01. The number of nitrogens with zero attached hydrogens (tertiary/aromatic N) is 3. The molecule has 4 nitrogen and oxygen atoms in total. The third-order valence-corrected chi connectivity index (χ3v) is 7.01. The van der Waals surface area contributed by atoms with E-state index in [4.69, 9.17) is 0 Å². The molecule has 4 fully saturated rings. The van der Waals surface area contributed by atoms with Crippen LogP contribution in [0.3, 0.4) is 0 Å². The summed E-state index contributed by atoms with van der Waals surface area (Å²) >= 11 is 0. The largest absolute Gasteiger partial charge is 0.337 e. The van der Waals surface area contributed by atoms with Crippen LogP contribution in [0.15, 0.2) is 18.6 Å². The van der Waals surface area contributed by atoms with Crippen molar-refractivity contribution in [1.29, 1.82) is 0 Å². The Bertz CT molecular complexity index is 640. The zero-order valence-electron chi connectivity index (χ0n) is 15.4. The zero-order valence-corrected chi connectivity index (χ0v) is 15.4. The highest BCUT2D eigenvalue weighted by Crippen LogP contribution is 2.69. The third kappa shape index (κ3) is 2.37. The molecule has 5 rings (SSSR count). The van der Waals surface area contributed by atoms with Gasteiger partial charge in [-0.3, -0.25) is 4.79 Å². The average Bonchev–Trinajstić information content (AvgIpc) is 2.50. The maximum atomic E-state index is 13.6. The molecule has 24 heavy (non-hydrogen) atoms. The minimum Gasteiger partial charge on any atom is -0.337 e. The Morgan fingerprint density at radius 3 is 2.42 bits per heavy atom. The van der Waals surface area contributed by atoms with Crippen molar-refractivity contribution < 1.29 is 4.79 Å². The SMILES string of the molecule is CC(c1ccncn1)N(C)C(=O)C12CC3CC(C)(CC(C)(C3)C1)C2. The van der Waals surface area contributed by atoms with Crippen LogP contribution in [0.4, 0.5) is 0 Å². The number of aromatic nitrogens is 2. The van der Waals surface area contributed by atoms with Crippen LogP contribution in [0, 0.1) is 22.2 Å². The Labute approximate surface area is 145 Å². The lowest BCUT2D eigenvalue weighted by Gasteiger charge is -2.65. The number of rotatable bonds is 3. The van der Waals surface area contributed by atoms with E-state index in [1.54, 1.807) is 12.5 Å². The molecular weight excluding hydrogens is 298 g/mol. The van der Waals surface area contributed by atoms with E-state index in [-0.39, 0.29) is 11.5 Å². The summed E-state index contributed by atoms with van der Waals surface area (Å²) in [6.45, 7) is 6.92. The fourth-order valence-electron chi connectivity index (χ4n) is 6.98. The van der Waals surface area contributed by atoms with Crippen molar-refractivity contribution in [3.05, 3.63) is 24.3 Å². The fraction of sp³-hybridized carbons (Fsp3) is 0.750. The van der Waals surface area contributed by atoms with Gasteiger partial charge >= 0.3 is 0 Å². The van der Waals surface area contributed by atoms with Crippen LogP contribution in [0.2, 0.25) is 0 Å². The molecule has 3 atom stereocenters. The molecule has 4 saturated carbocycles. The van der Waals surface area contributed by atoms with Crippen molar-refractivity contribution in [2.24, 2.45) is 22.2 Å². The summed E-state index contributed by atoms with van der Waals surface area (Å²) in [6, 6.07) is 1.91. The van der Waals surface area contributed by atoms with E-state index in [2.05, 4.69) is 30.7 Å². The van der Waals surface area contributed by atoms with Gasteiger partial charge in [-0.05, 0) is 68.3 Å². The van der Waals surface area contributed by atoms with Crippen molar-refractivity contribution in [3.8, 4) is 0 Å². The average molecular weight is 327 g/mol. The van der Waals surface area contributed by atoms with Gasteiger partial charge in [-0.15, -0.1) is 0 Å². The minimum absolute atomic E-state index is 0.00545. The van der Waals surface area contributed by atoms with Crippen molar-refractivity contribution in [1.82, 2.24) is 14.9 Å². The normalized spacial score (nSPS) is 41.2. The number of carbonyl (C=O) groups is 1. The van der Waals surface area contributed by atoms with E-state index >= 15 is 0 Å². The standard InChI is InChI=1S/C20H29N3O/c1-14(16-5-6-21-13-22-16)23(4)17(24)20-9-15-7-18(2,11-20)10-19(3,8-15)12-20/h5-6,13-15H,7-12H2,1-4H3. The molecule has 1 amide bonds. The first kappa shape index (κ1) is 16.0. The molecule has 4 heteroatoms.